The Balaban J connectivity index is 2.51. The summed E-state index contributed by atoms with van der Waals surface area (Å²) in [6, 6.07) is 14.2. The lowest BCUT2D eigenvalue weighted by Gasteiger charge is -2.28. The zero-order chi connectivity index (χ0) is 17.9. The SMILES string of the molecule is CSc1ccc(C(O)c2cccc(C(C)(C)C)c2O[SiH](C)C)cc1. The Morgan fingerprint density at radius 3 is 2.17 bits per heavy atom. The molecule has 4 heteroatoms. The lowest BCUT2D eigenvalue weighted by molar-refractivity contribution is 0.217. The molecule has 0 saturated heterocycles. The van der Waals surface area contributed by atoms with Crippen LogP contribution in [-0.4, -0.2) is 20.4 Å². The summed E-state index contributed by atoms with van der Waals surface area (Å²) in [6.45, 7) is 10.9. The fraction of sp³-hybridized carbons (Fsp3) is 0.400. The minimum Gasteiger partial charge on any atom is -0.547 e. The van der Waals surface area contributed by atoms with Gasteiger partial charge in [-0.3, -0.25) is 0 Å². The van der Waals surface area contributed by atoms with E-state index in [0.717, 1.165) is 22.4 Å². The molecule has 0 spiro atoms. The van der Waals surface area contributed by atoms with Gasteiger partial charge in [0.1, 0.15) is 11.9 Å². The molecular weight excluding hydrogens is 332 g/mol. The van der Waals surface area contributed by atoms with Crippen LogP contribution in [0.25, 0.3) is 0 Å². The van der Waals surface area contributed by atoms with E-state index in [4.69, 9.17) is 4.43 Å². The number of aliphatic hydroxyl groups is 1. The first-order valence-corrected chi connectivity index (χ1v) is 12.4. The second-order valence-electron chi connectivity index (χ2n) is 7.32. The Bertz CT molecular complexity index is 675. The van der Waals surface area contributed by atoms with Gasteiger partial charge < -0.3 is 9.53 Å². The van der Waals surface area contributed by atoms with Crippen molar-refractivity contribution in [3.8, 4) is 5.75 Å². The van der Waals surface area contributed by atoms with Gasteiger partial charge in [0.25, 0.3) is 0 Å². The van der Waals surface area contributed by atoms with Crippen LogP contribution in [0.2, 0.25) is 13.1 Å². The van der Waals surface area contributed by atoms with E-state index in [1.54, 1.807) is 11.8 Å². The topological polar surface area (TPSA) is 29.5 Å². The standard InChI is InChI=1S/C20H28O2SSi/c1-20(2,3)17-9-7-8-16(19(17)22-24(5)6)18(21)14-10-12-15(23-4)13-11-14/h7-13,18,21,24H,1-6H3. The molecule has 0 heterocycles. The predicted octanol–water partition coefficient (Wildman–Crippen LogP) is 5.15. The van der Waals surface area contributed by atoms with Gasteiger partial charge in [0.2, 0.25) is 9.04 Å². The van der Waals surface area contributed by atoms with Gasteiger partial charge in [0.05, 0.1) is 0 Å². The third kappa shape index (κ3) is 4.44. The van der Waals surface area contributed by atoms with E-state index in [-0.39, 0.29) is 5.41 Å². The molecule has 0 amide bonds. The van der Waals surface area contributed by atoms with Crippen molar-refractivity contribution in [1.29, 1.82) is 0 Å². The summed E-state index contributed by atoms with van der Waals surface area (Å²) in [5.41, 5.74) is 2.88. The highest BCUT2D eigenvalue weighted by Crippen LogP contribution is 2.39. The molecule has 2 aromatic carbocycles. The monoisotopic (exact) mass is 360 g/mol. The van der Waals surface area contributed by atoms with E-state index < -0.39 is 15.1 Å². The number of benzene rings is 2. The molecule has 130 valence electrons. The van der Waals surface area contributed by atoms with Gasteiger partial charge in [-0.1, -0.05) is 51.1 Å². The summed E-state index contributed by atoms with van der Waals surface area (Å²) in [4.78, 5) is 1.19. The van der Waals surface area contributed by atoms with Gasteiger partial charge in [-0.2, -0.15) is 0 Å². The first-order valence-electron chi connectivity index (χ1n) is 8.36. The van der Waals surface area contributed by atoms with Crippen LogP contribution in [-0.2, 0) is 5.41 Å². The van der Waals surface area contributed by atoms with E-state index >= 15 is 0 Å². The fourth-order valence-electron chi connectivity index (χ4n) is 2.69. The van der Waals surface area contributed by atoms with Crippen molar-refractivity contribution in [1.82, 2.24) is 0 Å². The Morgan fingerprint density at radius 2 is 1.67 bits per heavy atom. The molecule has 2 aromatic rings. The van der Waals surface area contributed by atoms with E-state index in [1.165, 1.54) is 4.90 Å². The molecule has 0 aliphatic rings. The smallest absolute Gasteiger partial charge is 0.229 e. The van der Waals surface area contributed by atoms with E-state index in [2.05, 4.69) is 58.3 Å². The van der Waals surface area contributed by atoms with Crippen LogP contribution in [0.1, 0.15) is 43.6 Å². The summed E-state index contributed by atoms with van der Waals surface area (Å²) in [5, 5.41) is 11.0. The van der Waals surface area contributed by atoms with Crippen LogP contribution in [0.5, 0.6) is 5.75 Å². The third-order valence-electron chi connectivity index (χ3n) is 3.93. The molecule has 0 fully saturated rings. The van der Waals surface area contributed by atoms with Crippen molar-refractivity contribution in [3.05, 3.63) is 59.2 Å². The second-order valence-corrected chi connectivity index (χ2v) is 10.5. The van der Waals surface area contributed by atoms with Gasteiger partial charge in [-0.05, 0) is 48.0 Å². The maximum atomic E-state index is 11.0. The molecule has 0 bridgehead atoms. The summed E-state index contributed by atoms with van der Waals surface area (Å²) < 4.78 is 6.27. The van der Waals surface area contributed by atoms with Gasteiger partial charge in [-0.15, -0.1) is 11.8 Å². The normalized spacial score (nSPS) is 13.2. The quantitative estimate of drug-likeness (QED) is 0.590. The van der Waals surface area contributed by atoms with Crippen LogP contribution in [0, 0.1) is 0 Å². The predicted molar refractivity (Wildman–Crippen MR) is 107 cm³/mol. The van der Waals surface area contributed by atoms with Crippen LogP contribution >= 0.6 is 11.8 Å². The molecule has 0 aliphatic carbocycles. The number of hydrogen-bond acceptors (Lipinski definition) is 3. The third-order valence-corrected chi connectivity index (χ3v) is 5.38. The van der Waals surface area contributed by atoms with Crippen LogP contribution < -0.4 is 4.43 Å². The lowest BCUT2D eigenvalue weighted by atomic mass is 9.84. The van der Waals surface area contributed by atoms with E-state index in [1.807, 2.05) is 24.3 Å². The number of hydrogen-bond donors (Lipinski definition) is 1. The largest absolute Gasteiger partial charge is 0.547 e. The Labute approximate surface area is 152 Å². The maximum Gasteiger partial charge on any atom is 0.229 e. The maximum absolute atomic E-state index is 11.0. The molecule has 0 aromatic heterocycles. The number of rotatable bonds is 5. The zero-order valence-electron chi connectivity index (χ0n) is 15.5. The summed E-state index contributed by atoms with van der Waals surface area (Å²) in [6.07, 6.45) is 1.38. The van der Waals surface area contributed by atoms with Crippen molar-refractivity contribution in [3.63, 3.8) is 0 Å². The number of para-hydroxylation sites is 1. The summed E-state index contributed by atoms with van der Waals surface area (Å²) >= 11 is 1.70. The minimum atomic E-state index is -1.29. The molecule has 0 aliphatic heterocycles. The highest BCUT2D eigenvalue weighted by Gasteiger charge is 2.25. The van der Waals surface area contributed by atoms with Crippen molar-refractivity contribution in [2.45, 2.75) is 50.3 Å². The van der Waals surface area contributed by atoms with E-state index in [9.17, 15) is 5.11 Å². The first kappa shape index (κ1) is 19.1. The first-order chi connectivity index (χ1) is 11.2. The van der Waals surface area contributed by atoms with Crippen LogP contribution in [0.15, 0.2) is 47.4 Å². The zero-order valence-corrected chi connectivity index (χ0v) is 17.4. The highest BCUT2D eigenvalue weighted by molar-refractivity contribution is 7.98. The van der Waals surface area contributed by atoms with Crippen LogP contribution in [0.4, 0.5) is 0 Å². The Kier molecular flexibility index (Phi) is 6.18. The Morgan fingerprint density at radius 1 is 1.04 bits per heavy atom. The van der Waals surface area contributed by atoms with Crippen molar-refractivity contribution < 1.29 is 9.53 Å². The van der Waals surface area contributed by atoms with Crippen LogP contribution in [0.3, 0.4) is 0 Å². The molecule has 2 rings (SSSR count). The lowest BCUT2D eigenvalue weighted by Crippen LogP contribution is -2.20. The van der Waals surface area contributed by atoms with Crippen molar-refractivity contribution in [2.24, 2.45) is 0 Å². The minimum absolute atomic E-state index is 0.0307. The average Bonchev–Trinajstić information content (AvgIpc) is 2.53. The molecule has 1 unspecified atom stereocenters. The van der Waals surface area contributed by atoms with Gasteiger partial charge >= 0.3 is 0 Å². The number of thioether (sulfide) groups is 1. The summed E-state index contributed by atoms with van der Waals surface area (Å²) in [7, 11) is -1.29. The van der Waals surface area contributed by atoms with Gasteiger partial charge in [0.15, 0.2) is 0 Å². The average molecular weight is 361 g/mol. The highest BCUT2D eigenvalue weighted by atomic mass is 32.2. The molecule has 24 heavy (non-hydrogen) atoms. The van der Waals surface area contributed by atoms with Gasteiger partial charge in [0, 0.05) is 10.5 Å². The van der Waals surface area contributed by atoms with Crippen molar-refractivity contribution >= 4 is 20.8 Å². The second kappa shape index (κ2) is 7.77. The molecule has 1 atom stereocenters. The van der Waals surface area contributed by atoms with E-state index in [0.29, 0.717) is 0 Å². The van der Waals surface area contributed by atoms with Gasteiger partial charge in [-0.25, -0.2) is 0 Å². The molecule has 0 radical (unpaired) electrons. The fourth-order valence-corrected chi connectivity index (χ4v) is 3.84. The molecular formula is C20H28O2SSi. The molecule has 2 nitrogen and oxygen atoms in total. The molecule has 1 N–H and O–H groups in total. The summed E-state index contributed by atoms with van der Waals surface area (Å²) in [5.74, 6) is 0.869. The molecule has 0 saturated carbocycles. The van der Waals surface area contributed by atoms with Crippen molar-refractivity contribution in [2.75, 3.05) is 6.26 Å². The number of aliphatic hydroxyl groups excluding tert-OH is 1. The Hall–Kier alpha value is -1.23.